The SMILES string of the molecule is O=C(O)C1C(C2CCCO2)CCN1S(=O)(=O)CCc1c(F)cccc1F. The smallest absolute Gasteiger partial charge is 0.322 e. The number of hydrogen-bond acceptors (Lipinski definition) is 4. The Hall–Kier alpha value is -1.58. The summed E-state index contributed by atoms with van der Waals surface area (Å²) in [4.78, 5) is 11.7. The molecule has 0 saturated carbocycles. The van der Waals surface area contributed by atoms with Gasteiger partial charge in [0.15, 0.2) is 0 Å². The van der Waals surface area contributed by atoms with Crippen LogP contribution >= 0.6 is 0 Å². The molecule has 2 fully saturated rings. The van der Waals surface area contributed by atoms with Crippen molar-refractivity contribution >= 4 is 16.0 Å². The second kappa shape index (κ2) is 7.58. The molecule has 0 amide bonds. The number of carboxylic acids is 1. The topological polar surface area (TPSA) is 83.9 Å². The minimum atomic E-state index is -3.98. The summed E-state index contributed by atoms with van der Waals surface area (Å²) >= 11 is 0. The van der Waals surface area contributed by atoms with E-state index in [-0.39, 0.29) is 24.6 Å². The lowest BCUT2D eigenvalue weighted by Crippen LogP contribution is -2.46. The standard InChI is InChI=1S/C17H21F2NO5S/c18-13-3-1-4-14(19)11(13)7-10-26(23,24)20-8-6-12(16(20)17(21)22)15-5-2-9-25-15/h1,3-4,12,15-16H,2,5-10H2,(H,21,22). The van der Waals surface area contributed by atoms with Crippen molar-refractivity contribution in [2.45, 2.75) is 37.8 Å². The van der Waals surface area contributed by atoms with E-state index >= 15 is 0 Å². The molecule has 1 aromatic carbocycles. The van der Waals surface area contributed by atoms with Gasteiger partial charge in [0.25, 0.3) is 0 Å². The minimum absolute atomic E-state index is 0.0730. The van der Waals surface area contributed by atoms with Gasteiger partial charge in [-0.3, -0.25) is 4.79 Å². The zero-order valence-electron chi connectivity index (χ0n) is 14.1. The molecule has 0 bridgehead atoms. The van der Waals surface area contributed by atoms with Gasteiger partial charge in [0.05, 0.1) is 11.9 Å². The minimum Gasteiger partial charge on any atom is -0.480 e. The van der Waals surface area contributed by atoms with Crippen molar-refractivity contribution in [1.82, 2.24) is 4.31 Å². The number of sulfonamides is 1. The fourth-order valence-corrected chi connectivity index (χ4v) is 5.53. The predicted octanol–water partition coefficient (Wildman–Crippen LogP) is 1.79. The molecule has 1 aromatic rings. The van der Waals surface area contributed by atoms with Gasteiger partial charge in [-0.1, -0.05) is 6.07 Å². The van der Waals surface area contributed by atoms with E-state index in [1.165, 1.54) is 6.07 Å². The van der Waals surface area contributed by atoms with Gasteiger partial charge in [0.1, 0.15) is 17.7 Å². The largest absolute Gasteiger partial charge is 0.480 e. The second-order valence-electron chi connectivity index (χ2n) is 6.66. The number of rotatable bonds is 6. The number of aliphatic carboxylic acids is 1. The first-order chi connectivity index (χ1) is 12.3. The maximum absolute atomic E-state index is 13.7. The normalized spacial score (nSPS) is 27.1. The third-order valence-corrected chi connectivity index (χ3v) is 6.97. The van der Waals surface area contributed by atoms with Crippen LogP contribution in [0.15, 0.2) is 18.2 Å². The molecule has 2 heterocycles. The Morgan fingerprint density at radius 1 is 1.27 bits per heavy atom. The van der Waals surface area contributed by atoms with Crippen LogP contribution in [0.4, 0.5) is 8.78 Å². The lowest BCUT2D eigenvalue weighted by atomic mass is 9.92. The maximum atomic E-state index is 13.7. The van der Waals surface area contributed by atoms with Crippen LogP contribution in [0.5, 0.6) is 0 Å². The number of ether oxygens (including phenoxy) is 1. The highest BCUT2D eigenvalue weighted by Gasteiger charge is 2.48. The summed E-state index contributed by atoms with van der Waals surface area (Å²) in [6.07, 6.45) is 1.32. The Kier molecular flexibility index (Phi) is 5.59. The molecular weight excluding hydrogens is 368 g/mol. The van der Waals surface area contributed by atoms with Gasteiger partial charge in [-0.15, -0.1) is 0 Å². The number of hydrogen-bond donors (Lipinski definition) is 1. The van der Waals surface area contributed by atoms with E-state index < -0.39 is 45.3 Å². The first kappa shape index (κ1) is 19.2. The molecule has 2 aliphatic rings. The molecule has 0 radical (unpaired) electrons. The molecule has 0 spiro atoms. The molecule has 26 heavy (non-hydrogen) atoms. The lowest BCUT2D eigenvalue weighted by Gasteiger charge is -2.27. The van der Waals surface area contributed by atoms with Crippen LogP contribution in [0.3, 0.4) is 0 Å². The fourth-order valence-electron chi connectivity index (χ4n) is 3.85. The van der Waals surface area contributed by atoms with Gasteiger partial charge >= 0.3 is 5.97 Å². The Labute approximate surface area is 150 Å². The third-order valence-electron chi connectivity index (χ3n) is 5.12. The summed E-state index contributed by atoms with van der Waals surface area (Å²) in [6, 6.07) is 2.13. The Bertz CT molecular complexity index is 759. The zero-order valence-corrected chi connectivity index (χ0v) is 14.9. The summed E-state index contributed by atoms with van der Waals surface area (Å²) in [6.45, 7) is 0.621. The van der Waals surface area contributed by atoms with Crippen LogP contribution in [0.1, 0.15) is 24.8 Å². The molecule has 0 aliphatic carbocycles. The predicted molar refractivity (Wildman–Crippen MR) is 89.1 cm³/mol. The number of carbonyl (C=O) groups is 1. The van der Waals surface area contributed by atoms with E-state index in [4.69, 9.17) is 4.74 Å². The van der Waals surface area contributed by atoms with Crippen LogP contribution in [0.2, 0.25) is 0 Å². The fraction of sp³-hybridized carbons (Fsp3) is 0.588. The van der Waals surface area contributed by atoms with Crippen molar-refractivity contribution < 1.29 is 31.8 Å². The van der Waals surface area contributed by atoms with E-state index in [2.05, 4.69) is 0 Å². The van der Waals surface area contributed by atoms with Crippen LogP contribution in [-0.4, -0.2) is 54.8 Å². The summed E-state index contributed by atoms with van der Waals surface area (Å²) in [5, 5.41) is 9.57. The van der Waals surface area contributed by atoms with Crippen molar-refractivity contribution in [2.24, 2.45) is 5.92 Å². The van der Waals surface area contributed by atoms with Crippen molar-refractivity contribution in [3.63, 3.8) is 0 Å². The average Bonchev–Trinajstić information content (AvgIpc) is 3.23. The molecule has 6 nitrogen and oxygen atoms in total. The first-order valence-electron chi connectivity index (χ1n) is 8.58. The molecule has 9 heteroatoms. The highest BCUT2D eigenvalue weighted by molar-refractivity contribution is 7.89. The van der Waals surface area contributed by atoms with Gasteiger partial charge in [0, 0.05) is 24.6 Å². The van der Waals surface area contributed by atoms with Crippen molar-refractivity contribution in [1.29, 1.82) is 0 Å². The van der Waals surface area contributed by atoms with Crippen LogP contribution in [-0.2, 0) is 26.0 Å². The van der Waals surface area contributed by atoms with E-state index in [1.807, 2.05) is 0 Å². The summed E-state index contributed by atoms with van der Waals surface area (Å²) in [7, 11) is -3.98. The number of carboxylic acid groups (broad SMARTS) is 1. The highest BCUT2D eigenvalue weighted by atomic mass is 32.2. The molecule has 3 atom stereocenters. The number of halogens is 2. The summed E-state index contributed by atoms with van der Waals surface area (Å²) in [5.74, 6) is -3.80. The maximum Gasteiger partial charge on any atom is 0.322 e. The van der Waals surface area contributed by atoms with E-state index in [1.54, 1.807) is 0 Å². The van der Waals surface area contributed by atoms with E-state index in [0.29, 0.717) is 19.4 Å². The Morgan fingerprint density at radius 2 is 1.96 bits per heavy atom. The van der Waals surface area contributed by atoms with Crippen LogP contribution in [0, 0.1) is 17.6 Å². The molecule has 2 saturated heterocycles. The van der Waals surface area contributed by atoms with Crippen molar-refractivity contribution in [2.75, 3.05) is 18.9 Å². The molecule has 2 aliphatic heterocycles. The van der Waals surface area contributed by atoms with Gasteiger partial charge in [-0.05, 0) is 37.8 Å². The number of nitrogens with zero attached hydrogens (tertiary/aromatic N) is 1. The van der Waals surface area contributed by atoms with Gasteiger partial charge in [-0.25, -0.2) is 17.2 Å². The monoisotopic (exact) mass is 389 g/mol. The molecular formula is C17H21F2NO5S. The Morgan fingerprint density at radius 3 is 2.54 bits per heavy atom. The van der Waals surface area contributed by atoms with Crippen molar-refractivity contribution in [3.05, 3.63) is 35.4 Å². The van der Waals surface area contributed by atoms with Gasteiger partial charge in [-0.2, -0.15) is 4.31 Å². The van der Waals surface area contributed by atoms with E-state index in [9.17, 15) is 27.1 Å². The summed E-state index contributed by atoms with van der Waals surface area (Å²) < 4.78 is 59.3. The molecule has 1 N–H and O–H groups in total. The first-order valence-corrected chi connectivity index (χ1v) is 10.2. The Balaban J connectivity index is 1.76. The highest BCUT2D eigenvalue weighted by Crippen LogP contribution is 2.35. The summed E-state index contributed by atoms with van der Waals surface area (Å²) in [5.41, 5.74) is -0.308. The quantitative estimate of drug-likeness (QED) is 0.802. The van der Waals surface area contributed by atoms with Gasteiger partial charge in [0.2, 0.25) is 10.0 Å². The third kappa shape index (κ3) is 3.74. The van der Waals surface area contributed by atoms with Crippen molar-refractivity contribution in [3.8, 4) is 0 Å². The van der Waals surface area contributed by atoms with Crippen LogP contribution in [0.25, 0.3) is 0 Å². The lowest BCUT2D eigenvalue weighted by molar-refractivity contribution is -0.143. The van der Waals surface area contributed by atoms with E-state index in [0.717, 1.165) is 22.9 Å². The molecule has 0 aromatic heterocycles. The molecule has 3 rings (SSSR count). The molecule has 144 valence electrons. The molecule has 3 unspecified atom stereocenters. The number of benzene rings is 1. The van der Waals surface area contributed by atoms with Crippen LogP contribution < -0.4 is 0 Å². The average molecular weight is 389 g/mol. The van der Waals surface area contributed by atoms with Gasteiger partial charge < -0.3 is 9.84 Å². The zero-order chi connectivity index (χ0) is 18.9. The second-order valence-corrected chi connectivity index (χ2v) is 8.71.